The van der Waals surface area contributed by atoms with Crippen LogP contribution in [0, 0.1) is 29.2 Å². The fraction of sp³-hybridized carbons (Fsp3) is 0.316. The summed E-state index contributed by atoms with van der Waals surface area (Å²) in [6.07, 6.45) is 2.26. The highest BCUT2D eigenvalue weighted by Crippen LogP contribution is 2.39. The van der Waals surface area contributed by atoms with Crippen molar-refractivity contribution in [2.75, 3.05) is 12.4 Å². The molecule has 2 aromatic rings. The average molecular weight is 475 g/mol. The third-order valence-electron chi connectivity index (χ3n) is 4.87. The Hall–Kier alpha value is -2.73. The molecule has 0 fully saturated rings. The van der Waals surface area contributed by atoms with Crippen molar-refractivity contribution in [3.05, 3.63) is 44.8 Å². The number of primary amides is 1. The molecule has 0 spiro atoms. The van der Waals surface area contributed by atoms with Crippen molar-refractivity contribution in [1.82, 2.24) is 5.32 Å². The Balaban J connectivity index is 1.86. The molecule has 3 rings (SSSR count). The number of nitrogens with one attached hydrogen (secondary N) is 2. The van der Waals surface area contributed by atoms with Crippen molar-refractivity contribution in [2.45, 2.75) is 26.2 Å². The van der Waals surface area contributed by atoms with E-state index in [2.05, 4.69) is 17.0 Å². The van der Waals surface area contributed by atoms with Gasteiger partial charge in [-0.2, -0.15) is 8.78 Å². The van der Waals surface area contributed by atoms with Crippen LogP contribution in [-0.2, 0) is 12.8 Å². The van der Waals surface area contributed by atoms with Crippen molar-refractivity contribution in [1.29, 1.82) is 0 Å². The number of thiophene rings is 1. The summed E-state index contributed by atoms with van der Waals surface area (Å²) < 4.78 is 60.3. The molecule has 1 aromatic carbocycles. The molecule has 0 saturated heterocycles. The van der Waals surface area contributed by atoms with Gasteiger partial charge in [0.2, 0.25) is 11.6 Å². The van der Waals surface area contributed by atoms with Crippen LogP contribution < -0.4 is 21.1 Å². The number of nitrogens with two attached hydrogens (primary N) is 1. The molecule has 1 heterocycles. The molecular weight excluding hydrogens is 458 g/mol. The van der Waals surface area contributed by atoms with E-state index in [-0.39, 0.29) is 10.6 Å². The number of halogens is 4. The second-order valence-electron chi connectivity index (χ2n) is 6.99. The van der Waals surface area contributed by atoms with Crippen LogP contribution in [0.3, 0.4) is 0 Å². The molecule has 0 saturated carbocycles. The number of ether oxygens (including phenoxy) is 1. The largest absolute Gasteiger partial charge is 0.491 e. The van der Waals surface area contributed by atoms with Gasteiger partial charge in [-0.3, -0.25) is 14.9 Å². The van der Waals surface area contributed by atoms with Crippen LogP contribution in [0.25, 0.3) is 0 Å². The molecule has 1 aliphatic rings. The summed E-state index contributed by atoms with van der Waals surface area (Å²) in [5, 5.41) is 4.40. The minimum atomic E-state index is -1.94. The summed E-state index contributed by atoms with van der Waals surface area (Å²) in [6.45, 7) is 2.07. The van der Waals surface area contributed by atoms with Crippen molar-refractivity contribution in [2.24, 2.45) is 11.7 Å². The summed E-state index contributed by atoms with van der Waals surface area (Å²) in [6, 6.07) is 0. The number of hydrogen-bond donors (Lipinski definition) is 3. The maximum Gasteiger partial charge on any atom is 0.263 e. The van der Waals surface area contributed by atoms with E-state index in [0.717, 1.165) is 30.4 Å². The van der Waals surface area contributed by atoms with Gasteiger partial charge in [-0.1, -0.05) is 6.92 Å². The lowest BCUT2D eigenvalue weighted by Gasteiger charge is -2.18. The molecule has 166 valence electrons. The van der Waals surface area contributed by atoms with Crippen molar-refractivity contribution in [3.8, 4) is 5.75 Å². The van der Waals surface area contributed by atoms with Crippen molar-refractivity contribution in [3.63, 3.8) is 0 Å². The standard InChI is InChI=1S/C19H17F4N3O3S2/c1-6-3-4-7-8(5-6)31-18(9(7)16(24)27)26-19(30)25-17(28)10-11(20)13(22)15(29-2)14(23)12(10)21/h6H,3-5H2,1-2H3,(H2,24,27)(H2,25,26,28,30)/t6-/m0/s1. The van der Waals surface area contributed by atoms with E-state index in [0.29, 0.717) is 12.3 Å². The van der Waals surface area contributed by atoms with Gasteiger partial charge in [0, 0.05) is 4.88 Å². The van der Waals surface area contributed by atoms with Crippen LogP contribution in [0.15, 0.2) is 0 Å². The zero-order valence-electron chi connectivity index (χ0n) is 16.3. The Bertz CT molecular complexity index is 1070. The van der Waals surface area contributed by atoms with Crippen LogP contribution in [0.4, 0.5) is 22.6 Å². The molecule has 4 N–H and O–H groups in total. The molecule has 1 aliphatic carbocycles. The van der Waals surface area contributed by atoms with E-state index >= 15 is 0 Å². The number of fused-ring (bicyclic) bond motifs is 1. The third kappa shape index (κ3) is 4.22. The highest BCUT2D eigenvalue weighted by Gasteiger charge is 2.31. The average Bonchev–Trinajstić information content (AvgIpc) is 3.03. The number of rotatable bonds is 4. The summed E-state index contributed by atoms with van der Waals surface area (Å²) in [7, 11) is 0.816. The van der Waals surface area contributed by atoms with Gasteiger partial charge in [0.05, 0.1) is 12.7 Å². The Morgan fingerprint density at radius 1 is 1.13 bits per heavy atom. The monoisotopic (exact) mass is 475 g/mol. The van der Waals surface area contributed by atoms with Crippen LogP contribution >= 0.6 is 23.6 Å². The lowest BCUT2D eigenvalue weighted by atomic mass is 9.88. The second kappa shape index (κ2) is 8.79. The minimum absolute atomic E-state index is 0.224. The summed E-state index contributed by atoms with van der Waals surface area (Å²) in [4.78, 5) is 25.2. The number of anilines is 1. The summed E-state index contributed by atoms with van der Waals surface area (Å²) in [5.41, 5.74) is 5.00. The van der Waals surface area contributed by atoms with Gasteiger partial charge in [-0.15, -0.1) is 11.3 Å². The van der Waals surface area contributed by atoms with Gasteiger partial charge in [-0.25, -0.2) is 8.78 Å². The molecule has 6 nitrogen and oxygen atoms in total. The second-order valence-corrected chi connectivity index (χ2v) is 8.51. The maximum atomic E-state index is 14.1. The fourth-order valence-corrected chi connectivity index (χ4v) is 5.07. The number of carbonyl (C=O) groups is 2. The van der Waals surface area contributed by atoms with Gasteiger partial charge in [0.25, 0.3) is 11.8 Å². The highest BCUT2D eigenvalue weighted by molar-refractivity contribution is 7.80. The van der Waals surface area contributed by atoms with Gasteiger partial charge in [0.1, 0.15) is 10.6 Å². The Morgan fingerprint density at radius 2 is 1.74 bits per heavy atom. The number of methoxy groups -OCH3 is 1. The number of benzene rings is 1. The van der Waals surface area contributed by atoms with Gasteiger partial charge in [0.15, 0.2) is 22.5 Å². The Kier molecular flexibility index (Phi) is 6.51. The van der Waals surface area contributed by atoms with E-state index in [1.165, 1.54) is 11.3 Å². The van der Waals surface area contributed by atoms with Crippen LogP contribution in [-0.4, -0.2) is 24.0 Å². The fourth-order valence-electron chi connectivity index (χ4n) is 3.39. The molecule has 0 unspecified atom stereocenters. The number of thiocarbonyl (C=S) groups is 1. The van der Waals surface area contributed by atoms with Gasteiger partial charge >= 0.3 is 0 Å². The topological polar surface area (TPSA) is 93.4 Å². The van der Waals surface area contributed by atoms with Gasteiger partial charge in [-0.05, 0) is 43.0 Å². The Labute approximate surface area is 183 Å². The third-order valence-corrected chi connectivity index (χ3v) is 6.24. The molecule has 0 aliphatic heterocycles. The molecule has 0 radical (unpaired) electrons. The zero-order valence-corrected chi connectivity index (χ0v) is 18.0. The minimum Gasteiger partial charge on any atom is -0.491 e. The number of hydrogen-bond acceptors (Lipinski definition) is 5. The van der Waals surface area contributed by atoms with Crippen molar-refractivity contribution >= 4 is 45.5 Å². The zero-order chi connectivity index (χ0) is 23.0. The molecule has 0 bridgehead atoms. The van der Waals surface area contributed by atoms with Gasteiger partial charge < -0.3 is 15.8 Å². The summed E-state index contributed by atoms with van der Waals surface area (Å²) in [5.74, 6) is -10.7. The quantitative estimate of drug-likeness (QED) is 0.357. The summed E-state index contributed by atoms with van der Waals surface area (Å²) >= 11 is 6.20. The molecule has 31 heavy (non-hydrogen) atoms. The highest BCUT2D eigenvalue weighted by atomic mass is 32.1. The predicted molar refractivity (Wildman–Crippen MR) is 111 cm³/mol. The number of amides is 2. The van der Waals surface area contributed by atoms with E-state index in [1.807, 2.05) is 5.32 Å². The Morgan fingerprint density at radius 3 is 2.29 bits per heavy atom. The smallest absolute Gasteiger partial charge is 0.263 e. The molecule has 1 atom stereocenters. The number of carbonyl (C=O) groups excluding carboxylic acids is 2. The maximum absolute atomic E-state index is 14.1. The molecule has 12 heteroatoms. The van der Waals surface area contributed by atoms with Crippen LogP contribution in [0.5, 0.6) is 5.75 Å². The molecule has 2 amide bonds. The van der Waals surface area contributed by atoms with Crippen molar-refractivity contribution < 1.29 is 31.9 Å². The first kappa shape index (κ1) is 22.9. The lowest BCUT2D eigenvalue weighted by molar-refractivity contribution is 0.0964. The van der Waals surface area contributed by atoms with E-state index in [9.17, 15) is 27.2 Å². The normalized spacial score (nSPS) is 15.2. The van der Waals surface area contributed by atoms with E-state index in [4.69, 9.17) is 18.0 Å². The SMILES string of the molecule is COc1c(F)c(F)c(C(=O)NC(=S)Nc2sc3c(c2C(N)=O)CC[C@H](C)C3)c(F)c1F. The molecular formula is C19H17F4N3O3S2. The lowest BCUT2D eigenvalue weighted by Crippen LogP contribution is -2.36. The first-order valence-corrected chi connectivity index (χ1v) is 10.3. The predicted octanol–water partition coefficient (Wildman–Crippen LogP) is 3.66. The van der Waals surface area contributed by atoms with Crippen LogP contribution in [0.1, 0.15) is 44.5 Å². The first-order chi connectivity index (χ1) is 14.6. The molecule has 1 aromatic heterocycles. The van der Waals surface area contributed by atoms with E-state index in [1.54, 1.807) is 0 Å². The van der Waals surface area contributed by atoms with Crippen LogP contribution in [0.2, 0.25) is 0 Å². The first-order valence-electron chi connectivity index (χ1n) is 9.03. The van der Waals surface area contributed by atoms with E-state index < -0.39 is 51.5 Å².